The number of terminal acetylenes is 1. The van der Waals surface area contributed by atoms with E-state index in [9.17, 15) is 9.50 Å². The van der Waals surface area contributed by atoms with Crippen molar-refractivity contribution in [2.24, 2.45) is 0 Å². The van der Waals surface area contributed by atoms with Gasteiger partial charge >= 0.3 is 0 Å². The minimum atomic E-state index is -0.775. The number of halogens is 2. The molecule has 1 aromatic carbocycles. The van der Waals surface area contributed by atoms with Gasteiger partial charge in [-0.2, -0.15) is 0 Å². The minimum absolute atomic E-state index is 0.00595. The van der Waals surface area contributed by atoms with Gasteiger partial charge < -0.3 is 5.11 Å². The number of benzene rings is 1. The summed E-state index contributed by atoms with van der Waals surface area (Å²) < 4.78 is 12.7. The molecule has 1 atom stereocenters. The highest BCUT2D eigenvalue weighted by molar-refractivity contribution is 6.30. The number of aliphatic hydroxyl groups is 1. The maximum absolute atomic E-state index is 12.7. The van der Waals surface area contributed by atoms with Crippen molar-refractivity contribution < 1.29 is 9.50 Å². The lowest BCUT2D eigenvalue weighted by Crippen LogP contribution is -1.96. The Bertz CT molecular complexity index is 343. The van der Waals surface area contributed by atoms with Gasteiger partial charge in [-0.25, -0.2) is 4.39 Å². The van der Waals surface area contributed by atoms with Crippen molar-refractivity contribution in [1.82, 2.24) is 0 Å². The first-order valence-electron chi connectivity index (χ1n) is 3.71. The molecule has 0 spiro atoms. The van der Waals surface area contributed by atoms with Crippen LogP contribution < -0.4 is 0 Å². The molecule has 3 heteroatoms. The lowest BCUT2D eigenvalue weighted by Gasteiger charge is -2.07. The monoisotopic (exact) mass is 198 g/mol. The fraction of sp³-hybridized carbons (Fsp3) is 0.200. The van der Waals surface area contributed by atoms with Crippen molar-refractivity contribution in [2.45, 2.75) is 12.5 Å². The van der Waals surface area contributed by atoms with E-state index in [0.29, 0.717) is 5.56 Å². The van der Waals surface area contributed by atoms with Gasteiger partial charge in [0.05, 0.1) is 11.1 Å². The van der Waals surface area contributed by atoms with E-state index in [1.165, 1.54) is 18.2 Å². The first-order valence-corrected chi connectivity index (χ1v) is 4.09. The van der Waals surface area contributed by atoms with E-state index >= 15 is 0 Å². The van der Waals surface area contributed by atoms with Gasteiger partial charge in [0.1, 0.15) is 5.82 Å². The molecule has 0 bridgehead atoms. The van der Waals surface area contributed by atoms with Crippen molar-refractivity contribution in [2.75, 3.05) is 0 Å². The Morgan fingerprint density at radius 1 is 1.62 bits per heavy atom. The Labute approximate surface area is 81.2 Å². The van der Waals surface area contributed by atoms with Gasteiger partial charge in [-0.3, -0.25) is 0 Å². The van der Waals surface area contributed by atoms with Crippen LogP contribution in [0.5, 0.6) is 0 Å². The second-order valence-corrected chi connectivity index (χ2v) is 3.00. The summed E-state index contributed by atoms with van der Waals surface area (Å²) >= 11 is 5.52. The van der Waals surface area contributed by atoms with Crippen LogP contribution >= 0.6 is 11.6 Å². The molecule has 0 aliphatic rings. The normalized spacial score (nSPS) is 12.2. The SMILES string of the molecule is C#CCC(O)c1ccc(F)c(Cl)c1. The molecular formula is C10H8ClFO. The van der Waals surface area contributed by atoms with Crippen molar-refractivity contribution in [3.63, 3.8) is 0 Å². The Balaban J connectivity index is 2.91. The van der Waals surface area contributed by atoms with Crippen molar-refractivity contribution >= 4 is 11.6 Å². The molecule has 0 aromatic heterocycles. The van der Waals surface area contributed by atoms with Crippen LogP contribution in [0.3, 0.4) is 0 Å². The zero-order chi connectivity index (χ0) is 9.84. The Kier molecular flexibility index (Phi) is 3.30. The zero-order valence-electron chi connectivity index (χ0n) is 6.80. The molecule has 0 fully saturated rings. The number of aliphatic hydroxyl groups excluding tert-OH is 1. The van der Waals surface area contributed by atoms with Gasteiger partial charge in [0.2, 0.25) is 0 Å². The molecule has 0 saturated carbocycles. The van der Waals surface area contributed by atoms with E-state index in [1.54, 1.807) is 0 Å². The van der Waals surface area contributed by atoms with Crippen LogP contribution in [0.4, 0.5) is 4.39 Å². The standard InChI is InChI=1S/C10H8ClFO/c1-2-3-10(13)7-4-5-9(12)8(11)6-7/h1,4-6,10,13H,3H2. The largest absolute Gasteiger partial charge is 0.387 e. The van der Waals surface area contributed by atoms with Crippen LogP contribution in [0.2, 0.25) is 5.02 Å². The fourth-order valence-corrected chi connectivity index (χ4v) is 1.14. The molecule has 0 saturated heterocycles. The molecule has 1 nitrogen and oxygen atoms in total. The number of rotatable bonds is 2. The average molecular weight is 199 g/mol. The summed E-state index contributed by atoms with van der Waals surface area (Å²) in [6.45, 7) is 0. The smallest absolute Gasteiger partial charge is 0.141 e. The predicted molar refractivity (Wildman–Crippen MR) is 49.8 cm³/mol. The summed E-state index contributed by atoms with van der Waals surface area (Å²) in [6, 6.07) is 4.04. The lowest BCUT2D eigenvalue weighted by atomic mass is 10.1. The van der Waals surface area contributed by atoms with Gasteiger partial charge in [-0.05, 0) is 17.7 Å². The third-order valence-electron chi connectivity index (χ3n) is 1.64. The molecule has 0 aliphatic heterocycles. The third-order valence-corrected chi connectivity index (χ3v) is 1.93. The molecule has 1 aromatic rings. The molecule has 0 radical (unpaired) electrons. The summed E-state index contributed by atoms with van der Waals surface area (Å²) in [6.07, 6.45) is 4.44. The second kappa shape index (κ2) is 4.27. The quantitative estimate of drug-likeness (QED) is 0.725. The highest BCUT2D eigenvalue weighted by atomic mass is 35.5. The molecule has 68 valence electrons. The summed E-state index contributed by atoms with van der Waals surface area (Å²) in [4.78, 5) is 0. The Hall–Kier alpha value is -1.04. The third kappa shape index (κ3) is 2.45. The highest BCUT2D eigenvalue weighted by Gasteiger charge is 2.08. The maximum atomic E-state index is 12.7. The van der Waals surface area contributed by atoms with Crippen LogP contribution in [0, 0.1) is 18.2 Å². The van der Waals surface area contributed by atoms with E-state index in [2.05, 4.69) is 5.92 Å². The van der Waals surface area contributed by atoms with Crippen molar-refractivity contribution in [3.8, 4) is 12.3 Å². The van der Waals surface area contributed by atoms with Crippen molar-refractivity contribution in [1.29, 1.82) is 0 Å². The van der Waals surface area contributed by atoms with E-state index in [1.807, 2.05) is 0 Å². The van der Waals surface area contributed by atoms with E-state index < -0.39 is 11.9 Å². The Morgan fingerprint density at radius 2 is 2.31 bits per heavy atom. The van der Waals surface area contributed by atoms with E-state index in [4.69, 9.17) is 18.0 Å². The van der Waals surface area contributed by atoms with Crippen molar-refractivity contribution in [3.05, 3.63) is 34.6 Å². The first kappa shape index (κ1) is 10.0. The fourth-order valence-electron chi connectivity index (χ4n) is 0.949. The second-order valence-electron chi connectivity index (χ2n) is 2.60. The van der Waals surface area contributed by atoms with Gasteiger partial charge in [-0.1, -0.05) is 17.7 Å². The summed E-state index contributed by atoms with van der Waals surface area (Å²) in [7, 11) is 0. The molecule has 1 rings (SSSR count). The van der Waals surface area contributed by atoms with E-state index in [0.717, 1.165) is 0 Å². The maximum Gasteiger partial charge on any atom is 0.141 e. The molecule has 13 heavy (non-hydrogen) atoms. The Morgan fingerprint density at radius 3 is 2.85 bits per heavy atom. The van der Waals surface area contributed by atoms with Crippen LogP contribution in [-0.2, 0) is 0 Å². The molecule has 1 N–H and O–H groups in total. The van der Waals surface area contributed by atoms with Gasteiger partial charge in [0.15, 0.2) is 0 Å². The lowest BCUT2D eigenvalue weighted by molar-refractivity contribution is 0.184. The molecule has 0 aliphatic carbocycles. The summed E-state index contributed by atoms with van der Waals surface area (Å²) in [5, 5.41) is 9.41. The number of hydrogen-bond acceptors (Lipinski definition) is 1. The number of hydrogen-bond donors (Lipinski definition) is 1. The van der Waals surface area contributed by atoms with Gasteiger partial charge in [-0.15, -0.1) is 12.3 Å². The predicted octanol–water partition coefficient (Wildman–Crippen LogP) is 2.54. The summed E-state index contributed by atoms with van der Waals surface area (Å²) in [5.74, 6) is 1.81. The molecule has 0 amide bonds. The first-order chi connectivity index (χ1) is 6.15. The molecule has 1 unspecified atom stereocenters. The van der Waals surface area contributed by atoms with E-state index in [-0.39, 0.29) is 11.4 Å². The van der Waals surface area contributed by atoms with Gasteiger partial charge in [0, 0.05) is 6.42 Å². The summed E-state index contributed by atoms with van der Waals surface area (Å²) in [5.41, 5.74) is 0.532. The molecule has 0 heterocycles. The van der Waals surface area contributed by atoms with Crippen LogP contribution in [0.1, 0.15) is 18.1 Å². The molecular weight excluding hydrogens is 191 g/mol. The average Bonchev–Trinajstić information content (AvgIpc) is 2.10. The minimum Gasteiger partial charge on any atom is -0.387 e. The van der Waals surface area contributed by atoms with Crippen LogP contribution in [0.25, 0.3) is 0 Å². The highest BCUT2D eigenvalue weighted by Crippen LogP contribution is 2.22. The van der Waals surface area contributed by atoms with Crippen LogP contribution in [0.15, 0.2) is 18.2 Å². The zero-order valence-corrected chi connectivity index (χ0v) is 7.55. The van der Waals surface area contributed by atoms with Crippen LogP contribution in [-0.4, -0.2) is 5.11 Å². The topological polar surface area (TPSA) is 20.2 Å². The van der Waals surface area contributed by atoms with Gasteiger partial charge in [0.25, 0.3) is 0 Å².